The molecule has 1 aliphatic rings. The van der Waals surface area contributed by atoms with E-state index in [1.54, 1.807) is 35.4 Å². The van der Waals surface area contributed by atoms with Crippen LogP contribution in [-0.4, -0.2) is 36.4 Å². The smallest absolute Gasteiger partial charge is 0.260 e. The second-order valence-corrected chi connectivity index (χ2v) is 7.16. The van der Waals surface area contributed by atoms with E-state index in [1.807, 2.05) is 6.07 Å². The number of furan rings is 1. The number of rotatable bonds is 6. The Hall–Kier alpha value is -2.18. The highest BCUT2D eigenvalue weighted by Crippen LogP contribution is 2.27. The lowest BCUT2D eigenvalue weighted by atomic mass is 9.96. The summed E-state index contributed by atoms with van der Waals surface area (Å²) < 4.78 is 10.7. The fourth-order valence-corrected chi connectivity index (χ4v) is 3.28. The molecule has 0 unspecified atom stereocenters. The molecule has 1 fully saturated rings. The molecule has 2 amide bonds. The van der Waals surface area contributed by atoms with Gasteiger partial charge in [-0.05, 0) is 37.1 Å². The van der Waals surface area contributed by atoms with Crippen LogP contribution in [0.25, 0.3) is 0 Å². The van der Waals surface area contributed by atoms with Crippen LogP contribution in [0.15, 0.2) is 41.0 Å². The molecule has 8 heteroatoms. The summed E-state index contributed by atoms with van der Waals surface area (Å²) in [6.45, 7) is 1.29. The minimum atomic E-state index is -0.138. The van der Waals surface area contributed by atoms with Gasteiger partial charge in [0.05, 0.1) is 17.8 Å². The lowest BCUT2D eigenvalue weighted by molar-refractivity contribution is -0.137. The first-order valence-electron chi connectivity index (χ1n) is 8.68. The highest BCUT2D eigenvalue weighted by Gasteiger charge is 2.27. The minimum absolute atomic E-state index is 0.0135. The number of carbonyl (C=O) groups is 2. The number of amides is 2. The van der Waals surface area contributed by atoms with Crippen molar-refractivity contribution >= 4 is 35.0 Å². The summed E-state index contributed by atoms with van der Waals surface area (Å²) in [5, 5.41) is 3.76. The van der Waals surface area contributed by atoms with Crippen LogP contribution in [0, 0.1) is 5.92 Å². The molecule has 1 saturated heterocycles. The van der Waals surface area contributed by atoms with Gasteiger partial charge in [-0.2, -0.15) is 0 Å². The summed E-state index contributed by atoms with van der Waals surface area (Å²) in [4.78, 5) is 26.3. The van der Waals surface area contributed by atoms with Gasteiger partial charge in [-0.3, -0.25) is 9.59 Å². The van der Waals surface area contributed by atoms with Crippen LogP contribution in [0.2, 0.25) is 10.0 Å². The molecule has 0 atom stereocenters. The molecule has 2 aromatic rings. The Labute approximate surface area is 167 Å². The number of likely N-dealkylation sites (tertiary alicyclic amines) is 1. The van der Waals surface area contributed by atoms with Crippen LogP contribution in [0.1, 0.15) is 18.6 Å². The van der Waals surface area contributed by atoms with Crippen molar-refractivity contribution in [2.24, 2.45) is 5.92 Å². The average molecular weight is 411 g/mol. The molecule has 1 aromatic carbocycles. The van der Waals surface area contributed by atoms with E-state index in [0.29, 0.717) is 54.0 Å². The maximum Gasteiger partial charge on any atom is 0.260 e. The molecular weight excluding hydrogens is 391 g/mol. The monoisotopic (exact) mass is 410 g/mol. The summed E-state index contributed by atoms with van der Waals surface area (Å²) in [7, 11) is 0. The molecule has 1 N–H and O–H groups in total. The highest BCUT2D eigenvalue weighted by atomic mass is 35.5. The van der Waals surface area contributed by atoms with Crippen LogP contribution >= 0.6 is 23.2 Å². The van der Waals surface area contributed by atoms with Gasteiger partial charge in [-0.15, -0.1) is 0 Å². The Bertz CT molecular complexity index is 787. The van der Waals surface area contributed by atoms with Crippen molar-refractivity contribution in [2.45, 2.75) is 19.4 Å². The number of ether oxygens (including phenoxy) is 1. The van der Waals surface area contributed by atoms with Gasteiger partial charge in [-0.1, -0.05) is 23.2 Å². The lowest BCUT2D eigenvalue weighted by Crippen LogP contribution is -2.44. The zero-order chi connectivity index (χ0) is 19.2. The molecule has 0 spiro atoms. The molecule has 0 bridgehead atoms. The van der Waals surface area contributed by atoms with Crippen molar-refractivity contribution < 1.29 is 18.7 Å². The summed E-state index contributed by atoms with van der Waals surface area (Å²) >= 11 is 11.9. The minimum Gasteiger partial charge on any atom is -0.482 e. The molecule has 6 nitrogen and oxygen atoms in total. The van der Waals surface area contributed by atoms with Gasteiger partial charge in [0.1, 0.15) is 11.5 Å². The first kappa shape index (κ1) is 19.6. The van der Waals surface area contributed by atoms with E-state index in [1.165, 1.54) is 0 Å². The van der Waals surface area contributed by atoms with Gasteiger partial charge in [0.2, 0.25) is 5.91 Å². The number of piperidine rings is 1. The van der Waals surface area contributed by atoms with Gasteiger partial charge in [0, 0.05) is 30.1 Å². The number of hydrogen-bond acceptors (Lipinski definition) is 4. The highest BCUT2D eigenvalue weighted by molar-refractivity contribution is 6.34. The van der Waals surface area contributed by atoms with Crippen molar-refractivity contribution in [1.29, 1.82) is 0 Å². The van der Waals surface area contributed by atoms with Crippen molar-refractivity contribution in [3.05, 3.63) is 52.4 Å². The summed E-state index contributed by atoms with van der Waals surface area (Å²) in [5.74, 6) is 0.839. The van der Waals surface area contributed by atoms with Crippen LogP contribution in [0.4, 0.5) is 0 Å². The zero-order valence-electron chi connectivity index (χ0n) is 14.6. The van der Waals surface area contributed by atoms with E-state index >= 15 is 0 Å². The second kappa shape index (κ2) is 9.15. The van der Waals surface area contributed by atoms with Crippen LogP contribution in [0.3, 0.4) is 0 Å². The van der Waals surface area contributed by atoms with Crippen molar-refractivity contribution in [2.75, 3.05) is 19.7 Å². The van der Waals surface area contributed by atoms with Crippen LogP contribution < -0.4 is 10.1 Å². The first-order valence-corrected chi connectivity index (χ1v) is 9.44. The summed E-state index contributed by atoms with van der Waals surface area (Å²) in [6.07, 6.45) is 2.81. The van der Waals surface area contributed by atoms with E-state index in [9.17, 15) is 9.59 Å². The maximum atomic E-state index is 12.3. The molecule has 144 valence electrons. The molecule has 27 heavy (non-hydrogen) atoms. The molecule has 0 aliphatic carbocycles. The predicted molar refractivity (Wildman–Crippen MR) is 102 cm³/mol. The zero-order valence-corrected chi connectivity index (χ0v) is 16.1. The van der Waals surface area contributed by atoms with Gasteiger partial charge in [0.25, 0.3) is 5.91 Å². The van der Waals surface area contributed by atoms with Gasteiger partial charge >= 0.3 is 0 Å². The molecular formula is C19H20Cl2N2O4. The van der Waals surface area contributed by atoms with Crippen molar-refractivity contribution in [1.82, 2.24) is 10.2 Å². The van der Waals surface area contributed by atoms with E-state index in [-0.39, 0.29) is 24.3 Å². The quantitative estimate of drug-likeness (QED) is 0.790. The van der Waals surface area contributed by atoms with Crippen molar-refractivity contribution in [3.8, 4) is 5.75 Å². The van der Waals surface area contributed by atoms with Gasteiger partial charge in [-0.25, -0.2) is 0 Å². The first-order chi connectivity index (χ1) is 13.0. The molecule has 0 saturated carbocycles. The molecule has 3 rings (SSSR count). The topological polar surface area (TPSA) is 71.8 Å². The van der Waals surface area contributed by atoms with E-state index < -0.39 is 0 Å². The third-order valence-corrected chi connectivity index (χ3v) is 5.03. The second-order valence-electron chi connectivity index (χ2n) is 6.32. The van der Waals surface area contributed by atoms with E-state index in [2.05, 4.69) is 5.32 Å². The van der Waals surface area contributed by atoms with Crippen molar-refractivity contribution in [3.63, 3.8) is 0 Å². The molecule has 2 heterocycles. The van der Waals surface area contributed by atoms with Gasteiger partial charge in [0.15, 0.2) is 6.61 Å². The molecule has 1 aromatic heterocycles. The fourth-order valence-electron chi connectivity index (χ4n) is 2.94. The van der Waals surface area contributed by atoms with Crippen LogP contribution in [0.5, 0.6) is 5.75 Å². The van der Waals surface area contributed by atoms with Gasteiger partial charge < -0.3 is 19.4 Å². The standard InChI is InChI=1S/C19H20Cl2N2O4/c20-14-3-4-16(21)17(10-14)27-12-18(24)23-7-5-13(6-8-23)19(25)22-11-15-2-1-9-26-15/h1-4,9-10,13H,5-8,11-12H2,(H,22,25). The Morgan fingerprint density at radius 3 is 2.70 bits per heavy atom. The molecule has 0 radical (unpaired) electrons. The summed E-state index contributed by atoms with van der Waals surface area (Å²) in [5.41, 5.74) is 0. The predicted octanol–water partition coefficient (Wildman–Crippen LogP) is 3.52. The number of benzene rings is 1. The SMILES string of the molecule is O=C(NCc1ccco1)C1CCN(C(=O)COc2cc(Cl)ccc2Cl)CC1. The third kappa shape index (κ3) is 5.40. The Balaban J connectivity index is 1.42. The van der Waals surface area contributed by atoms with E-state index in [0.717, 1.165) is 0 Å². The summed E-state index contributed by atoms with van der Waals surface area (Å²) in [6, 6.07) is 8.45. The number of nitrogens with one attached hydrogen (secondary N) is 1. The number of carbonyl (C=O) groups excluding carboxylic acids is 2. The molecule has 1 aliphatic heterocycles. The lowest BCUT2D eigenvalue weighted by Gasteiger charge is -2.31. The van der Waals surface area contributed by atoms with E-state index in [4.69, 9.17) is 32.4 Å². The Kier molecular flexibility index (Phi) is 6.63. The fraction of sp³-hybridized carbons (Fsp3) is 0.368. The van der Waals surface area contributed by atoms with Crippen LogP contribution in [-0.2, 0) is 16.1 Å². The number of halogens is 2. The normalized spacial score (nSPS) is 14.8. The Morgan fingerprint density at radius 2 is 2.00 bits per heavy atom. The Morgan fingerprint density at radius 1 is 1.22 bits per heavy atom. The number of nitrogens with zero attached hydrogens (tertiary/aromatic N) is 1. The third-order valence-electron chi connectivity index (χ3n) is 4.48. The number of hydrogen-bond donors (Lipinski definition) is 1. The maximum absolute atomic E-state index is 12.3. The average Bonchev–Trinajstić information content (AvgIpc) is 3.20. The largest absolute Gasteiger partial charge is 0.482 e.